The van der Waals surface area contributed by atoms with E-state index in [0.717, 1.165) is 27.6 Å². The fourth-order valence-electron chi connectivity index (χ4n) is 4.76. The lowest BCUT2D eigenvalue weighted by atomic mass is 10.0. The molecule has 0 spiro atoms. The third-order valence-electron chi connectivity index (χ3n) is 7.54. The first-order valence-corrected chi connectivity index (χ1v) is 16.1. The summed E-state index contributed by atoms with van der Waals surface area (Å²) < 4.78 is 56.6. The van der Waals surface area contributed by atoms with Gasteiger partial charge in [0.1, 0.15) is 24.2 Å². The van der Waals surface area contributed by atoms with Gasteiger partial charge in [-0.3, -0.25) is 13.9 Å². The van der Waals surface area contributed by atoms with Gasteiger partial charge in [-0.15, -0.1) is 0 Å². The number of nitrogens with one attached hydrogen (secondary N) is 1. The average Bonchev–Trinajstić information content (AvgIpc) is 3.03. The number of anilines is 1. The van der Waals surface area contributed by atoms with Crippen LogP contribution in [0.25, 0.3) is 0 Å². The molecule has 4 aromatic rings. The van der Waals surface area contributed by atoms with Crippen molar-refractivity contribution >= 4 is 27.5 Å². The maximum Gasteiger partial charge on any atom is 0.264 e. The van der Waals surface area contributed by atoms with Crippen molar-refractivity contribution in [3.8, 4) is 0 Å². The highest BCUT2D eigenvalue weighted by atomic mass is 32.2. The van der Waals surface area contributed by atoms with Gasteiger partial charge in [-0.2, -0.15) is 0 Å². The minimum atomic E-state index is -4.31. The summed E-state index contributed by atoms with van der Waals surface area (Å²) in [5.74, 6) is -2.10. The molecule has 2 atom stereocenters. The Hall–Kier alpha value is -4.57. The quantitative estimate of drug-likeness (QED) is 0.195. The van der Waals surface area contributed by atoms with E-state index < -0.39 is 46.1 Å². The van der Waals surface area contributed by atoms with Gasteiger partial charge in [0.25, 0.3) is 10.0 Å². The summed E-state index contributed by atoms with van der Waals surface area (Å²) in [6, 6.07) is 24.5. The summed E-state index contributed by atoms with van der Waals surface area (Å²) >= 11 is 0. The van der Waals surface area contributed by atoms with E-state index in [-0.39, 0.29) is 29.6 Å². The van der Waals surface area contributed by atoms with Crippen molar-refractivity contribution in [3.63, 3.8) is 0 Å². The Morgan fingerprint density at radius 2 is 1.38 bits per heavy atom. The van der Waals surface area contributed by atoms with Gasteiger partial charge in [0.15, 0.2) is 0 Å². The van der Waals surface area contributed by atoms with Gasteiger partial charge >= 0.3 is 0 Å². The number of hydrogen-bond donors (Lipinski definition) is 1. The van der Waals surface area contributed by atoms with Crippen molar-refractivity contribution < 1.29 is 26.8 Å². The molecule has 0 heterocycles. The fourth-order valence-corrected chi connectivity index (χ4v) is 6.17. The predicted octanol–water partition coefficient (Wildman–Crippen LogP) is 6.02. The van der Waals surface area contributed by atoms with Crippen LogP contribution >= 0.6 is 0 Å². The molecular weight excluding hydrogens is 596 g/mol. The number of nitrogens with zero attached hydrogens (tertiary/aromatic N) is 2. The van der Waals surface area contributed by atoms with E-state index >= 15 is 0 Å². The molecule has 7 nitrogen and oxygen atoms in total. The topological polar surface area (TPSA) is 86.8 Å². The first-order chi connectivity index (χ1) is 21.5. The van der Waals surface area contributed by atoms with Crippen LogP contribution < -0.4 is 9.62 Å². The van der Waals surface area contributed by atoms with Gasteiger partial charge in [-0.25, -0.2) is 17.2 Å². The normalized spacial score (nSPS) is 12.6. The number of sulfonamides is 1. The Balaban J connectivity index is 1.80. The van der Waals surface area contributed by atoms with Gasteiger partial charge in [-0.1, -0.05) is 67.1 Å². The molecule has 2 unspecified atom stereocenters. The summed E-state index contributed by atoms with van der Waals surface area (Å²) in [6.45, 7) is 4.84. The van der Waals surface area contributed by atoms with Crippen LogP contribution in [0, 0.1) is 18.6 Å². The van der Waals surface area contributed by atoms with Crippen LogP contribution in [-0.4, -0.2) is 43.8 Å². The first-order valence-electron chi connectivity index (χ1n) is 14.7. The lowest BCUT2D eigenvalue weighted by molar-refractivity contribution is -0.140. The highest BCUT2D eigenvalue weighted by Crippen LogP contribution is 2.26. The molecule has 0 radical (unpaired) electrons. The monoisotopic (exact) mass is 633 g/mol. The maximum atomic E-state index is 14.4. The van der Waals surface area contributed by atoms with Gasteiger partial charge < -0.3 is 10.2 Å². The molecular formula is C35H37F2N3O4S. The van der Waals surface area contributed by atoms with E-state index in [0.29, 0.717) is 12.0 Å². The minimum Gasteiger partial charge on any atom is -0.352 e. The summed E-state index contributed by atoms with van der Waals surface area (Å²) in [5.41, 5.74) is 2.27. The number of carbonyl (C=O) groups is 2. The third kappa shape index (κ3) is 8.76. The van der Waals surface area contributed by atoms with Crippen molar-refractivity contribution in [1.29, 1.82) is 0 Å². The summed E-state index contributed by atoms with van der Waals surface area (Å²) in [4.78, 5) is 29.5. The zero-order valence-electron chi connectivity index (χ0n) is 25.5. The molecule has 4 rings (SSSR count). The van der Waals surface area contributed by atoms with E-state index in [2.05, 4.69) is 5.32 Å². The van der Waals surface area contributed by atoms with Gasteiger partial charge in [0, 0.05) is 19.0 Å². The summed E-state index contributed by atoms with van der Waals surface area (Å²) in [6.07, 6.45) is 0.806. The largest absolute Gasteiger partial charge is 0.352 e. The van der Waals surface area contributed by atoms with Gasteiger partial charge in [0.05, 0.1) is 10.6 Å². The Morgan fingerprint density at radius 3 is 1.96 bits per heavy atom. The Morgan fingerprint density at radius 1 is 0.800 bits per heavy atom. The van der Waals surface area contributed by atoms with Gasteiger partial charge in [0.2, 0.25) is 11.8 Å². The van der Waals surface area contributed by atoms with E-state index in [1.807, 2.05) is 51.1 Å². The molecule has 0 aliphatic rings. The van der Waals surface area contributed by atoms with E-state index in [9.17, 15) is 26.8 Å². The molecule has 0 aliphatic heterocycles. The molecule has 236 valence electrons. The van der Waals surface area contributed by atoms with Crippen molar-refractivity contribution in [3.05, 3.63) is 131 Å². The number of hydrogen-bond acceptors (Lipinski definition) is 4. The highest BCUT2D eigenvalue weighted by molar-refractivity contribution is 7.92. The molecule has 2 amide bonds. The first kappa shape index (κ1) is 33.3. The van der Waals surface area contributed by atoms with Crippen molar-refractivity contribution in [1.82, 2.24) is 10.2 Å². The molecule has 0 bridgehead atoms. The van der Waals surface area contributed by atoms with Crippen LogP contribution in [0.5, 0.6) is 0 Å². The predicted molar refractivity (Wildman–Crippen MR) is 171 cm³/mol. The molecule has 1 N–H and O–H groups in total. The zero-order valence-corrected chi connectivity index (χ0v) is 26.3. The van der Waals surface area contributed by atoms with Crippen molar-refractivity contribution in [2.24, 2.45) is 0 Å². The number of carbonyl (C=O) groups excluding carboxylic acids is 2. The molecule has 0 saturated heterocycles. The molecule has 0 aliphatic carbocycles. The fraction of sp³-hybridized carbons (Fsp3) is 0.257. The second-order valence-electron chi connectivity index (χ2n) is 11.0. The molecule has 4 aromatic carbocycles. The standard InChI is InChI=1S/C35H37F2N3O4S/c1-4-26(3)38-35(42)33(22-27-8-6-5-7-9-27)39(23-28-12-14-29(36)15-13-28)34(41)24-40(31-18-16-30(37)17-19-31)45(43,44)32-20-10-25(2)11-21-32/h5-21,26,33H,4,22-24H2,1-3H3,(H,38,42). The number of amides is 2. The van der Waals surface area contributed by atoms with E-state index in [1.54, 1.807) is 12.1 Å². The average molecular weight is 634 g/mol. The van der Waals surface area contributed by atoms with Gasteiger partial charge in [-0.05, 0) is 79.9 Å². The Bertz CT molecular complexity index is 1680. The van der Waals surface area contributed by atoms with E-state index in [1.165, 1.54) is 53.4 Å². The van der Waals surface area contributed by atoms with Crippen LogP contribution in [0.4, 0.5) is 14.5 Å². The second-order valence-corrected chi connectivity index (χ2v) is 12.8. The van der Waals surface area contributed by atoms with Crippen LogP contribution in [0.2, 0.25) is 0 Å². The number of rotatable bonds is 13. The minimum absolute atomic E-state index is 0.0503. The number of aryl methyl sites for hydroxylation is 1. The Kier molecular flexibility index (Phi) is 11.1. The van der Waals surface area contributed by atoms with Crippen molar-refractivity contribution in [2.45, 2.75) is 57.1 Å². The molecule has 0 aromatic heterocycles. The Labute approximate surface area is 263 Å². The summed E-state index contributed by atoms with van der Waals surface area (Å²) in [5, 5.41) is 2.97. The zero-order chi connectivity index (χ0) is 32.6. The highest BCUT2D eigenvalue weighted by Gasteiger charge is 2.35. The lowest BCUT2D eigenvalue weighted by Gasteiger charge is -2.34. The van der Waals surface area contributed by atoms with Crippen LogP contribution in [0.3, 0.4) is 0 Å². The van der Waals surface area contributed by atoms with Crippen LogP contribution in [-0.2, 0) is 32.6 Å². The smallest absolute Gasteiger partial charge is 0.264 e. The molecule has 0 saturated carbocycles. The summed E-state index contributed by atoms with van der Waals surface area (Å²) in [7, 11) is -4.31. The maximum absolute atomic E-state index is 14.4. The van der Waals surface area contributed by atoms with Crippen LogP contribution in [0.1, 0.15) is 37.0 Å². The van der Waals surface area contributed by atoms with E-state index in [4.69, 9.17) is 0 Å². The van der Waals surface area contributed by atoms with Crippen LogP contribution in [0.15, 0.2) is 108 Å². The molecule has 10 heteroatoms. The molecule has 0 fully saturated rings. The number of benzene rings is 4. The number of halogens is 2. The molecule has 45 heavy (non-hydrogen) atoms. The third-order valence-corrected chi connectivity index (χ3v) is 9.33. The SMILES string of the molecule is CCC(C)NC(=O)C(Cc1ccccc1)N(Cc1ccc(F)cc1)C(=O)CN(c1ccc(F)cc1)S(=O)(=O)c1ccc(C)cc1. The second kappa shape index (κ2) is 14.9. The van der Waals surface area contributed by atoms with Crippen molar-refractivity contribution in [2.75, 3.05) is 10.8 Å². The lowest BCUT2D eigenvalue weighted by Crippen LogP contribution is -2.54.